The van der Waals surface area contributed by atoms with E-state index in [4.69, 9.17) is 4.74 Å². The van der Waals surface area contributed by atoms with Crippen LogP contribution in [0.3, 0.4) is 0 Å². The summed E-state index contributed by atoms with van der Waals surface area (Å²) in [4.78, 5) is 31.1. The third-order valence-electron chi connectivity index (χ3n) is 4.40. The SMILES string of the molecule is COc1ccc(-c2cc3c(s2)C(=O)[NH+](CC(=O)Nc2cccc(F)c2)C=N3)cc1. The normalized spacial score (nSPS) is 15.1. The lowest BCUT2D eigenvalue weighted by molar-refractivity contribution is -0.694. The summed E-state index contributed by atoms with van der Waals surface area (Å²) >= 11 is 1.34. The number of hydrogen-bond donors (Lipinski definition) is 2. The van der Waals surface area contributed by atoms with E-state index in [9.17, 15) is 14.0 Å². The quantitative estimate of drug-likeness (QED) is 0.679. The number of nitrogens with one attached hydrogen (secondary N) is 2. The molecule has 0 saturated carbocycles. The molecule has 29 heavy (non-hydrogen) atoms. The molecule has 1 aliphatic rings. The summed E-state index contributed by atoms with van der Waals surface area (Å²) in [5.41, 5.74) is 1.90. The van der Waals surface area contributed by atoms with Gasteiger partial charge < -0.3 is 10.1 Å². The topological polar surface area (TPSA) is 72.2 Å². The number of nitrogens with zero attached hydrogens (tertiary/aromatic N) is 1. The van der Waals surface area contributed by atoms with E-state index in [2.05, 4.69) is 10.3 Å². The molecule has 2 amide bonds. The molecule has 8 heteroatoms. The molecule has 2 aromatic carbocycles. The second-order valence-corrected chi connectivity index (χ2v) is 7.45. The number of carbonyl (C=O) groups is 2. The highest BCUT2D eigenvalue weighted by Gasteiger charge is 2.31. The molecule has 3 aromatic rings. The number of amides is 2. The number of rotatable bonds is 5. The molecule has 0 aliphatic carbocycles. The lowest BCUT2D eigenvalue weighted by atomic mass is 10.1. The van der Waals surface area contributed by atoms with Crippen LogP contribution in [-0.4, -0.2) is 31.8 Å². The summed E-state index contributed by atoms with van der Waals surface area (Å²) in [5.74, 6) is -0.306. The molecule has 0 fully saturated rings. The molecule has 2 N–H and O–H groups in total. The van der Waals surface area contributed by atoms with Crippen molar-refractivity contribution in [1.82, 2.24) is 0 Å². The number of methoxy groups -OCH3 is 1. The molecule has 2 heterocycles. The largest absolute Gasteiger partial charge is 0.497 e. The second-order valence-electron chi connectivity index (χ2n) is 6.40. The zero-order valence-corrected chi connectivity index (χ0v) is 16.3. The number of ether oxygens (including phenoxy) is 1. The molecule has 0 radical (unpaired) electrons. The Hall–Kier alpha value is -3.36. The van der Waals surface area contributed by atoms with Gasteiger partial charge in [0.05, 0.1) is 12.8 Å². The third-order valence-corrected chi connectivity index (χ3v) is 5.58. The first-order valence-corrected chi connectivity index (χ1v) is 9.63. The number of thiophene rings is 1. The Labute approximate surface area is 170 Å². The average molecular weight is 410 g/mol. The molecular weight excluding hydrogens is 393 g/mol. The molecule has 4 rings (SSSR count). The molecule has 0 spiro atoms. The highest BCUT2D eigenvalue weighted by molar-refractivity contribution is 7.18. The Morgan fingerprint density at radius 1 is 1.21 bits per heavy atom. The minimum Gasteiger partial charge on any atom is -0.497 e. The van der Waals surface area contributed by atoms with E-state index in [1.165, 1.54) is 35.9 Å². The molecule has 0 bridgehead atoms. The number of halogens is 1. The van der Waals surface area contributed by atoms with Gasteiger partial charge >= 0.3 is 5.91 Å². The van der Waals surface area contributed by atoms with Crippen LogP contribution in [0.15, 0.2) is 59.6 Å². The number of carbonyl (C=O) groups excluding carboxylic acids is 2. The van der Waals surface area contributed by atoms with Crippen LogP contribution in [0.25, 0.3) is 10.4 Å². The number of benzene rings is 2. The predicted octanol–water partition coefficient (Wildman–Crippen LogP) is 2.90. The smallest absolute Gasteiger partial charge is 0.362 e. The maximum Gasteiger partial charge on any atom is 0.362 e. The molecule has 1 aliphatic heterocycles. The highest BCUT2D eigenvalue weighted by Crippen LogP contribution is 2.37. The van der Waals surface area contributed by atoms with Crippen LogP contribution in [-0.2, 0) is 4.79 Å². The van der Waals surface area contributed by atoms with Crippen LogP contribution in [0.5, 0.6) is 5.75 Å². The maximum absolute atomic E-state index is 13.3. The van der Waals surface area contributed by atoms with E-state index in [1.54, 1.807) is 13.2 Å². The fourth-order valence-electron chi connectivity index (χ4n) is 2.96. The van der Waals surface area contributed by atoms with Crippen molar-refractivity contribution in [1.29, 1.82) is 0 Å². The van der Waals surface area contributed by atoms with Crippen molar-refractivity contribution in [3.8, 4) is 16.2 Å². The lowest BCUT2D eigenvalue weighted by Gasteiger charge is -2.14. The van der Waals surface area contributed by atoms with Crippen molar-refractivity contribution in [3.63, 3.8) is 0 Å². The Balaban J connectivity index is 1.48. The first-order valence-electron chi connectivity index (χ1n) is 8.82. The monoisotopic (exact) mass is 410 g/mol. The average Bonchev–Trinajstić information content (AvgIpc) is 3.15. The Morgan fingerprint density at radius 3 is 2.72 bits per heavy atom. The van der Waals surface area contributed by atoms with Gasteiger partial charge in [0.25, 0.3) is 5.91 Å². The van der Waals surface area contributed by atoms with Gasteiger partial charge in [-0.25, -0.2) is 19.1 Å². The number of hydrogen-bond acceptors (Lipinski definition) is 5. The molecular formula is C21H17FN3O3S+. The van der Waals surface area contributed by atoms with Gasteiger partial charge in [-0.2, -0.15) is 0 Å². The van der Waals surface area contributed by atoms with E-state index in [1.807, 2.05) is 30.3 Å². The second kappa shape index (κ2) is 7.94. The molecule has 0 saturated heterocycles. The third kappa shape index (κ3) is 4.08. The first-order chi connectivity index (χ1) is 14.0. The van der Waals surface area contributed by atoms with Gasteiger partial charge in [0, 0.05) is 10.6 Å². The van der Waals surface area contributed by atoms with Gasteiger partial charge in [0.1, 0.15) is 11.6 Å². The minimum atomic E-state index is -0.444. The fourth-order valence-corrected chi connectivity index (χ4v) is 4.04. The van der Waals surface area contributed by atoms with Gasteiger partial charge in [-0.15, -0.1) is 11.3 Å². The summed E-state index contributed by atoms with van der Waals surface area (Å²) in [6.45, 7) is -0.131. The van der Waals surface area contributed by atoms with Crippen LogP contribution in [0, 0.1) is 5.82 Å². The van der Waals surface area contributed by atoms with Crippen LogP contribution in [0.4, 0.5) is 15.8 Å². The molecule has 1 unspecified atom stereocenters. The summed E-state index contributed by atoms with van der Waals surface area (Å²) in [7, 11) is 1.61. The van der Waals surface area contributed by atoms with Gasteiger partial charge in [0.15, 0.2) is 17.8 Å². The van der Waals surface area contributed by atoms with E-state index in [-0.39, 0.29) is 12.5 Å². The number of quaternary nitrogens is 1. The highest BCUT2D eigenvalue weighted by atomic mass is 32.1. The minimum absolute atomic E-state index is 0.131. The van der Waals surface area contributed by atoms with Crippen LogP contribution in [0.1, 0.15) is 9.67 Å². The Bertz CT molecular complexity index is 1110. The zero-order valence-electron chi connectivity index (χ0n) is 15.4. The molecule has 1 atom stereocenters. The van der Waals surface area contributed by atoms with Gasteiger partial charge in [-0.1, -0.05) is 6.07 Å². The number of fused-ring (bicyclic) bond motifs is 1. The van der Waals surface area contributed by atoms with Crippen LogP contribution in [0.2, 0.25) is 0 Å². The van der Waals surface area contributed by atoms with Crippen molar-refractivity contribution in [2.75, 3.05) is 19.0 Å². The first kappa shape index (κ1) is 19.0. The van der Waals surface area contributed by atoms with Crippen molar-refractivity contribution >= 4 is 40.9 Å². The Morgan fingerprint density at radius 2 is 2.00 bits per heavy atom. The van der Waals surface area contributed by atoms with Gasteiger partial charge in [-0.05, 0) is 54.1 Å². The van der Waals surface area contributed by atoms with Crippen molar-refractivity contribution in [3.05, 3.63) is 65.3 Å². The van der Waals surface area contributed by atoms with E-state index >= 15 is 0 Å². The maximum atomic E-state index is 13.3. The summed E-state index contributed by atoms with van der Waals surface area (Å²) in [6.07, 6.45) is 1.43. The van der Waals surface area contributed by atoms with E-state index in [0.717, 1.165) is 16.2 Å². The van der Waals surface area contributed by atoms with Crippen LogP contribution >= 0.6 is 11.3 Å². The lowest BCUT2D eigenvalue weighted by Crippen LogP contribution is -3.15. The fraction of sp³-hybridized carbons (Fsp3) is 0.0952. The summed E-state index contributed by atoms with van der Waals surface area (Å²) in [5, 5.41) is 2.59. The van der Waals surface area contributed by atoms with Gasteiger partial charge in [0.2, 0.25) is 0 Å². The van der Waals surface area contributed by atoms with Crippen LogP contribution < -0.4 is 15.0 Å². The van der Waals surface area contributed by atoms with Gasteiger partial charge in [-0.3, -0.25) is 4.79 Å². The van der Waals surface area contributed by atoms with E-state index in [0.29, 0.717) is 21.2 Å². The van der Waals surface area contributed by atoms with E-state index < -0.39 is 11.7 Å². The van der Waals surface area contributed by atoms with Crippen molar-refractivity contribution in [2.45, 2.75) is 0 Å². The standard InChI is InChI=1S/C21H16FN3O3S/c1-28-16-7-5-13(6-8-16)18-10-17-20(29-18)21(27)25(12-23-17)11-19(26)24-15-4-2-3-14(22)9-15/h2-10,12H,11H2,1H3,(H,24,26)/p+1. The van der Waals surface area contributed by atoms with Crippen molar-refractivity contribution < 1.29 is 23.6 Å². The summed E-state index contributed by atoms with van der Waals surface area (Å²) < 4.78 is 18.4. The molecule has 146 valence electrons. The summed E-state index contributed by atoms with van der Waals surface area (Å²) in [6, 6.07) is 15.0. The van der Waals surface area contributed by atoms with Crippen molar-refractivity contribution in [2.24, 2.45) is 4.99 Å². The number of aliphatic imine (C=N–C) groups is 1. The predicted molar refractivity (Wildman–Crippen MR) is 110 cm³/mol. The molecule has 6 nitrogen and oxygen atoms in total. The zero-order chi connectivity index (χ0) is 20.4. The number of anilines is 1. The Kier molecular flexibility index (Phi) is 5.20. The molecule has 1 aromatic heterocycles.